The highest BCUT2D eigenvalue weighted by molar-refractivity contribution is 7.11. The molecule has 0 bridgehead atoms. The summed E-state index contributed by atoms with van der Waals surface area (Å²) in [6.45, 7) is 2.76. The van der Waals surface area contributed by atoms with E-state index in [4.69, 9.17) is 0 Å². The van der Waals surface area contributed by atoms with E-state index in [0.29, 0.717) is 0 Å². The van der Waals surface area contributed by atoms with E-state index in [0.717, 1.165) is 11.6 Å². The molecule has 0 saturated carbocycles. The Morgan fingerprint density at radius 3 is 3.08 bits per heavy atom. The second-order valence-corrected chi connectivity index (χ2v) is 3.77. The molecule has 5 heteroatoms. The Morgan fingerprint density at radius 1 is 1.58 bits per heavy atom. The lowest BCUT2D eigenvalue weighted by molar-refractivity contribution is 0.655. The van der Waals surface area contributed by atoms with Crippen molar-refractivity contribution in [3.8, 4) is 0 Å². The van der Waals surface area contributed by atoms with Crippen molar-refractivity contribution in [3.05, 3.63) is 28.5 Å². The zero-order valence-corrected chi connectivity index (χ0v) is 7.45. The third-order valence-corrected chi connectivity index (χ3v) is 2.36. The standard InChI is InChI=1S/C7H8N4S/c1-6-8-4-7(12-6)5-11-3-2-9-10-11/h2-4H,5H2,1H3. The summed E-state index contributed by atoms with van der Waals surface area (Å²) in [7, 11) is 0. The van der Waals surface area contributed by atoms with Crippen molar-refractivity contribution in [1.82, 2.24) is 20.0 Å². The highest BCUT2D eigenvalue weighted by atomic mass is 32.1. The molecule has 0 spiro atoms. The van der Waals surface area contributed by atoms with Gasteiger partial charge in [-0.05, 0) is 6.92 Å². The first-order valence-corrected chi connectivity index (χ1v) is 4.41. The van der Waals surface area contributed by atoms with E-state index in [2.05, 4.69) is 15.3 Å². The molecule has 62 valence electrons. The van der Waals surface area contributed by atoms with E-state index >= 15 is 0 Å². The molecule has 12 heavy (non-hydrogen) atoms. The Hall–Kier alpha value is -1.23. The van der Waals surface area contributed by atoms with Gasteiger partial charge in [0, 0.05) is 17.3 Å². The van der Waals surface area contributed by atoms with Gasteiger partial charge in [-0.2, -0.15) is 0 Å². The summed E-state index contributed by atoms with van der Waals surface area (Å²) in [5.41, 5.74) is 0. The monoisotopic (exact) mass is 180 g/mol. The van der Waals surface area contributed by atoms with Gasteiger partial charge in [-0.25, -0.2) is 9.67 Å². The Labute approximate surface area is 73.9 Å². The van der Waals surface area contributed by atoms with Crippen LogP contribution in [-0.4, -0.2) is 20.0 Å². The van der Waals surface area contributed by atoms with Crippen LogP contribution in [0.1, 0.15) is 9.88 Å². The van der Waals surface area contributed by atoms with Crippen LogP contribution in [0, 0.1) is 6.92 Å². The van der Waals surface area contributed by atoms with Crippen LogP contribution in [0.15, 0.2) is 18.6 Å². The number of rotatable bonds is 2. The Morgan fingerprint density at radius 2 is 2.50 bits per heavy atom. The number of aryl methyl sites for hydroxylation is 1. The van der Waals surface area contributed by atoms with Gasteiger partial charge < -0.3 is 0 Å². The summed E-state index contributed by atoms with van der Waals surface area (Å²) in [6.07, 6.45) is 5.39. The van der Waals surface area contributed by atoms with Gasteiger partial charge in [-0.3, -0.25) is 0 Å². The second kappa shape index (κ2) is 3.02. The summed E-state index contributed by atoms with van der Waals surface area (Å²) in [4.78, 5) is 5.36. The number of aromatic nitrogens is 4. The van der Waals surface area contributed by atoms with Crippen LogP contribution in [0.5, 0.6) is 0 Å². The fourth-order valence-electron chi connectivity index (χ4n) is 0.955. The van der Waals surface area contributed by atoms with Gasteiger partial charge in [0.05, 0.1) is 17.7 Å². The summed E-state index contributed by atoms with van der Waals surface area (Å²) in [6, 6.07) is 0. The van der Waals surface area contributed by atoms with Crippen molar-refractivity contribution in [3.63, 3.8) is 0 Å². The molecule has 0 unspecified atom stereocenters. The van der Waals surface area contributed by atoms with Crippen molar-refractivity contribution < 1.29 is 0 Å². The van der Waals surface area contributed by atoms with Crippen LogP contribution in [0.2, 0.25) is 0 Å². The normalized spacial score (nSPS) is 10.4. The van der Waals surface area contributed by atoms with Crippen LogP contribution in [-0.2, 0) is 6.54 Å². The Bertz CT molecular complexity index is 351. The molecule has 0 aliphatic carbocycles. The predicted octanol–water partition coefficient (Wildman–Crippen LogP) is 1.09. The highest BCUT2D eigenvalue weighted by Gasteiger charge is 1.98. The van der Waals surface area contributed by atoms with Crippen molar-refractivity contribution >= 4 is 11.3 Å². The first-order chi connectivity index (χ1) is 5.84. The molecule has 0 atom stereocenters. The van der Waals surface area contributed by atoms with Crippen molar-refractivity contribution in [2.45, 2.75) is 13.5 Å². The first-order valence-electron chi connectivity index (χ1n) is 3.60. The zero-order chi connectivity index (χ0) is 8.39. The van der Waals surface area contributed by atoms with E-state index < -0.39 is 0 Å². The van der Waals surface area contributed by atoms with E-state index in [1.54, 1.807) is 22.2 Å². The third kappa shape index (κ3) is 1.50. The number of hydrogen-bond acceptors (Lipinski definition) is 4. The smallest absolute Gasteiger partial charge is 0.0897 e. The van der Waals surface area contributed by atoms with Crippen LogP contribution in [0.4, 0.5) is 0 Å². The van der Waals surface area contributed by atoms with Gasteiger partial charge in [-0.1, -0.05) is 5.21 Å². The average molecular weight is 180 g/mol. The number of nitrogens with zero attached hydrogens (tertiary/aromatic N) is 4. The molecule has 0 radical (unpaired) electrons. The lowest BCUT2D eigenvalue weighted by Crippen LogP contribution is -1.98. The second-order valence-electron chi connectivity index (χ2n) is 2.45. The topological polar surface area (TPSA) is 43.6 Å². The average Bonchev–Trinajstić information content (AvgIpc) is 2.63. The molecule has 0 fully saturated rings. The molecule has 2 rings (SSSR count). The zero-order valence-electron chi connectivity index (χ0n) is 6.64. The summed E-state index contributed by atoms with van der Waals surface area (Å²) in [5.74, 6) is 0. The molecule has 0 aromatic carbocycles. The first kappa shape index (κ1) is 7.42. The maximum atomic E-state index is 4.15. The maximum Gasteiger partial charge on any atom is 0.0897 e. The van der Waals surface area contributed by atoms with Crippen molar-refractivity contribution in [2.75, 3.05) is 0 Å². The fourth-order valence-corrected chi connectivity index (χ4v) is 1.74. The SMILES string of the molecule is Cc1ncc(Cn2ccnn2)s1. The molecule has 0 N–H and O–H groups in total. The third-order valence-electron chi connectivity index (χ3n) is 1.46. The molecule has 2 aromatic rings. The lowest BCUT2D eigenvalue weighted by atomic mass is 10.5. The Kier molecular flexibility index (Phi) is 1.87. The van der Waals surface area contributed by atoms with Gasteiger partial charge in [0.2, 0.25) is 0 Å². The highest BCUT2D eigenvalue weighted by Crippen LogP contribution is 2.11. The molecule has 0 saturated heterocycles. The fraction of sp³-hybridized carbons (Fsp3) is 0.286. The van der Waals surface area contributed by atoms with Gasteiger partial charge in [-0.15, -0.1) is 16.4 Å². The van der Waals surface area contributed by atoms with Crippen molar-refractivity contribution in [1.29, 1.82) is 0 Å². The molecule has 0 aliphatic rings. The number of hydrogen-bond donors (Lipinski definition) is 0. The minimum atomic E-state index is 0.769. The van der Waals surface area contributed by atoms with Crippen LogP contribution in [0.25, 0.3) is 0 Å². The molecular weight excluding hydrogens is 172 g/mol. The van der Waals surface area contributed by atoms with E-state index in [1.807, 2.05) is 19.3 Å². The van der Waals surface area contributed by atoms with Crippen LogP contribution in [0.3, 0.4) is 0 Å². The predicted molar refractivity (Wildman–Crippen MR) is 46.0 cm³/mol. The minimum absolute atomic E-state index is 0.769. The van der Waals surface area contributed by atoms with E-state index in [-0.39, 0.29) is 0 Å². The lowest BCUT2D eigenvalue weighted by Gasteiger charge is -1.93. The van der Waals surface area contributed by atoms with Gasteiger partial charge >= 0.3 is 0 Å². The summed E-state index contributed by atoms with van der Waals surface area (Å²) in [5, 5.41) is 8.68. The largest absolute Gasteiger partial charge is 0.250 e. The molecule has 0 aliphatic heterocycles. The Balaban J connectivity index is 2.14. The van der Waals surface area contributed by atoms with E-state index in [9.17, 15) is 0 Å². The molecule has 2 aromatic heterocycles. The maximum absolute atomic E-state index is 4.15. The molecule has 0 amide bonds. The van der Waals surface area contributed by atoms with Crippen molar-refractivity contribution in [2.24, 2.45) is 0 Å². The van der Waals surface area contributed by atoms with Gasteiger partial charge in [0.15, 0.2) is 0 Å². The van der Waals surface area contributed by atoms with E-state index in [1.165, 1.54) is 4.88 Å². The summed E-state index contributed by atoms with van der Waals surface area (Å²) < 4.78 is 1.78. The van der Waals surface area contributed by atoms with Crippen LogP contribution >= 0.6 is 11.3 Å². The minimum Gasteiger partial charge on any atom is -0.250 e. The van der Waals surface area contributed by atoms with Crippen LogP contribution < -0.4 is 0 Å². The van der Waals surface area contributed by atoms with Gasteiger partial charge in [0.25, 0.3) is 0 Å². The van der Waals surface area contributed by atoms with Gasteiger partial charge in [0.1, 0.15) is 0 Å². The summed E-state index contributed by atoms with van der Waals surface area (Å²) >= 11 is 1.69. The molecule has 4 nitrogen and oxygen atoms in total. The quantitative estimate of drug-likeness (QED) is 0.695. The molecule has 2 heterocycles. The number of thiazole rings is 1. The molecular formula is C7H8N4S.